The summed E-state index contributed by atoms with van der Waals surface area (Å²) in [6.45, 7) is 8.59. The number of nitrogens with two attached hydrogens (primary N) is 1. The van der Waals surface area contributed by atoms with Gasteiger partial charge in [0.1, 0.15) is 12.1 Å². The van der Waals surface area contributed by atoms with Crippen molar-refractivity contribution in [3.8, 4) is 5.82 Å². The van der Waals surface area contributed by atoms with Crippen LogP contribution in [0.2, 0.25) is 0 Å². The minimum atomic E-state index is -3.24. The Balaban J connectivity index is 1.21. The summed E-state index contributed by atoms with van der Waals surface area (Å²) in [6.07, 6.45) is 1.87. The Hall–Kier alpha value is -4.18. The highest BCUT2D eigenvalue weighted by Crippen LogP contribution is 2.23. The van der Waals surface area contributed by atoms with Crippen LogP contribution in [0.25, 0.3) is 5.82 Å². The standard InChI is InChI=1S/C26H37N11O4S/c1-3-41-26(38)35-14-12-33(13-15-35)21-8-6-20(7-9-21)30-25-31-24(27)37(32-25)23-18-22(28-19-29-23)34-10-5-11-36(17-16-34)42(39,40)4-2/h6-9,18-19H,3-5,10-17H2,1-2H3,(H3,27,30,31,32). The number of nitrogens with zero attached hydrogens (tertiary/aromatic N) is 9. The van der Waals surface area contributed by atoms with Crippen LogP contribution >= 0.6 is 0 Å². The van der Waals surface area contributed by atoms with Gasteiger partial charge in [0, 0.05) is 69.8 Å². The van der Waals surface area contributed by atoms with E-state index >= 15 is 0 Å². The summed E-state index contributed by atoms with van der Waals surface area (Å²) < 4.78 is 32.7. The van der Waals surface area contributed by atoms with Gasteiger partial charge in [0.2, 0.25) is 21.9 Å². The van der Waals surface area contributed by atoms with Gasteiger partial charge in [-0.1, -0.05) is 0 Å². The smallest absolute Gasteiger partial charge is 0.409 e. The van der Waals surface area contributed by atoms with E-state index < -0.39 is 10.0 Å². The van der Waals surface area contributed by atoms with Gasteiger partial charge in [0.25, 0.3) is 0 Å². The zero-order valence-electron chi connectivity index (χ0n) is 23.9. The summed E-state index contributed by atoms with van der Waals surface area (Å²) in [5, 5.41) is 7.69. The van der Waals surface area contributed by atoms with Gasteiger partial charge in [-0.05, 0) is 44.5 Å². The molecule has 4 heterocycles. The molecule has 5 rings (SSSR count). The fourth-order valence-electron chi connectivity index (χ4n) is 5.00. The number of nitrogen functional groups attached to an aromatic ring is 1. The summed E-state index contributed by atoms with van der Waals surface area (Å²) in [5.41, 5.74) is 8.04. The second kappa shape index (κ2) is 12.8. The van der Waals surface area contributed by atoms with Crippen LogP contribution in [0.15, 0.2) is 36.7 Å². The maximum absolute atomic E-state index is 12.3. The van der Waals surface area contributed by atoms with E-state index in [0.29, 0.717) is 69.9 Å². The Morgan fingerprint density at radius 1 is 0.952 bits per heavy atom. The molecule has 2 aromatic heterocycles. The van der Waals surface area contributed by atoms with Gasteiger partial charge in [0.15, 0.2) is 5.82 Å². The number of sulfonamides is 1. The number of carbonyl (C=O) groups excluding carboxylic acids is 1. The Kier molecular flexibility index (Phi) is 8.91. The van der Waals surface area contributed by atoms with Gasteiger partial charge in [-0.3, -0.25) is 0 Å². The summed E-state index contributed by atoms with van der Waals surface area (Å²) in [5.74, 6) is 1.69. The molecule has 1 aromatic carbocycles. The van der Waals surface area contributed by atoms with Gasteiger partial charge in [0.05, 0.1) is 12.4 Å². The van der Waals surface area contributed by atoms with Crippen molar-refractivity contribution in [3.63, 3.8) is 0 Å². The fraction of sp³-hybridized carbons (Fsp3) is 0.500. The number of aromatic nitrogens is 5. The number of carbonyl (C=O) groups is 1. The second-order valence-corrected chi connectivity index (χ2v) is 12.2. The van der Waals surface area contributed by atoms with Crippen molar-refractivity contribution < 1.29 is 17.9 Å². The van der Waals surface area contributed by atoms with Crippen LogP contribution in [-0.2, 0) is 14.8 Å². The number of hydrogen-bond acceptors (Lipinski definition) is 12. The average Bonchev–Trinajstić information content (AvgIpc) is 3.19. The first kappa shape index (κ1) is 29.3. The molecule has 2 aliphatic rings. The number of piperazine rings is 1. The minimum absolute atomic E-state index is 0.0899. The Morgan fingerprint density at radius 2 is 1.67 bits per heavy atom. The largest absolute Gasteiger partial charge is 0.450 e. The van der Waals surface area contributed by atoms with E-state index in [-0.39, 0.29) is 17.8 Å². The van der Waals surface area contributed by atoms with Gasteiger partial charge < -0.3 is 30.5 Å². The van der Waals surface area contributed by atoms with Crippen LogP contribution in [0.1, 0.15) is 20.3 Å². The topological polar surface area (TPSA) is 168 Å². The first-order valence-electron chi connectivity index (χ1n) is 14.1. The predicted octanol–water partition coefficient (Wildman–Crippen LogP) is 1.52. The number of anilines is 5. The Bertz CT molecular complexity index is 1470. The van der Waals surface area contributed by atoms with Gasteiger partial charge in [-0.2, -0.15) is 9.67 Å². The number of ether oxygens (including phenoxy) is 1. The first-order chi connectivity index (χ1) is 20.3. The monoisotopic (exact) mass is 599 g/mol. The third kappa shape index (κ3) is 6.65. The molecule has 3 N–H and O–H groups in total. The molecule has 0 spiro atoms. The number of amides is 1. The molecular formula is C26H37N11O4S. The quantitative estimate of drug-likeness (QED) is 0.384. The summed E-state index contributed by atoms with van der Waals surface area (Å²) >= 11 is 0. The van der Waals surface area contributed by atoms with Crippen LogP contribution in [0.5, 0.6) is 0 Å². The first-order valence-corrected chi connectivity index (χ1v) is 15.7. The average molecular weight is 600 g/mol. The van der Waals surface area contributed by atoms with Crippen LogP contribution < -0.4 is 20.9 Å². The molecule has 42 heavy (non-hydrogen) atoms. The van der Waals surface area contributed by atoms with E-state index in [1.165, 1.54) is 11.0 Å². The van der Waals surface area contributed by atoms with E-state index in [1.54, 1.807) is 29.1 Å². The summed E-state index contributed by atoms with van der Waals surface area (Å²) in [7, 11) is -3.24. The Morgan fingerprint density at radius 3 is 2.38 bits per heavy atom. The normalized spacial score (nSPS) is 16.8. The van der Waals surface area contributed by atoms with Crippen molar-refractivity contribution in [2.24, 2.45) is 0 Å². The van der Waals surface area contributed by atoms with Crippen LogP contribution in [0.4, 0.5) is 33.9 Å². The van der Waals surface area contributed by atoms with Crippen LogP contribution in [0, 0.1) is 0 Å². The van der Waals surface area contributed by atoms with Crippen molar-refractivity contribution in [1.82, 2.24) is 33.9 Å². The zero-order valence-corrected chi connectivity index (χ0v) is 24.7. The van der Waals surface area contributed by atoms with Crippen LogP contribution in [0.3, 0.4) is 0 Å². The molecule has 2 saturated heterocycles. The molecule has 16 heteroatoms. The lowest BCUT2D eigenvalue weighted by molar-refractivity contribution is 0.105. The summed E-state index contributed by atoms with van der Waals surface area (Å²) in [6, 6.07) is 9.67. The third-order valence-electron chi connectivity index (χ3n) is 7.32. The molecule has 15 nitrogen and oxygen atoms in total. The maximum atomic E-state index is 12.3. The van der Waals surface area contributed by atoms with Gasteiger partial charge in [-0.25, -0.2) is 27.5 Å². The maximum Gasteiger partial charge on any atom is 0.409 e. The van der Waals surface area contributed by atoms with Gasteiger partial charge >= 0.3 is 6.09 Å². The third-order valence-corrected chi connectivity index (χ3v) is 9.20. The molecule has 0 saturated carbocycles. The van der Waals surface area contributed by atoms with Crippen molar-refractivity contribution >= 4 is 45.2 Å². The molecule has 0 aliphatic carbocycles. The van der Waals surface area contributed by atoms with Crippen molar-refractivity contribution in [3.05, 3.63) is 36.7 Å². The number of benzene rings is 1. The molecule has 0 radical (unpaired) electrons. The minimum Gasteiger partial charge on any atom is -0.450 e. The van der Waals surface area contributed by atoms with Crippen molar-refractivity contribution in [1.29, 1.82) is 0 Å². The van der Waals surface area contributed by atoms with Crippen molar-refractivity contribution in [2.75, 3.05) is 85.6 Å². The number of rotatable bonds is 8. The van der Waals surface area contributed by atoms with E-state index in [1.807, 2.05) is 29.2 Å². The lowest BCUT2D eigenvalue weighted by Gasteiger charge is -2.35. The molecule has 3 aromatic rings. The lowest BCUT2D eigenvalue weighted by atomic mass is 10.2. The molecule has 226 valence electrons. The molecular weight excluding hydrogens is 562 g/mol. The van der Waals surface area contributed by atoms with E-state index in [9.17, 15) is 13.2 Å². The van der Waals surface area contributed by atoms with Crippen LogP contribution in [-0.4, -0.2) is 113 Å². The predicted molar refractivity (Wildman–Crippen MR) is 160 cm³/mol. The van der Waals surface area contributed by atoms with Gasteiger partial charge in [-0.15, -0.1) is 5.10 Å². The van der Waals surface area contributed by atoms with Crippen molar-refractivity contribution in [2.45, 2.75) is 20.3 Å². The zero-order chi connectivity index (χ0) is 29.7. The molecule has 2 aliphatic heterocycles. The molecule has 2 fully saturated rings. The summed E-state index contributed by atoms with van der Waals surface area (Å²) in [4.78, 5) is 31.0. The second-order valence-electron chi connectivity index (χ2n) is 9.92. The highest BCUT2D eigenvalue weighted by Gasteiger charge is 2.25. The Labute approximate surface area is 245 Å². The highest BCUT2D eigenvalue weighted by atomic mass is 32.2. The van der Waals surface area contributed by atoms with E-state index in [4.69, 9.17) is 10.5 Å². The highest BCUT2D eigenvalue weighted by molar-refractivity contribution is 7.89. The fourth-order valence-corrected chi connectivity index (χ4v) is 6.13. The molecule has 1 amide bonds. The number of nitrogens with one attached hydrogen (secondary N) is 1. The molecule has 0 unspecified atom stereocenters. The van der Waals surface area contributed by atoms with E-state index in [0.717, 1.165) is 24.5 Å². The molecule has 0 bridgehead atoms. The lowest BCUT2D eigenvalue weighted by Crippen LogP contribution is -2.49. The molecule has 0 atom stereocenters. The number of hydrogen-bond donors (Lipinski definition) is 2. The SMILES string of the molecule is CCOC(=O)N1CCN(c2ccc(Nc3nc(N)n(-c4cc(N5CCCN(S(=O)(=O)CC)CC5)ncn4)n3)cc2)CC1. The van der Waals surface area contributed by atoms with E-state index in [2.05, 4.69) is 30.3 Å².